The SMILES string of the molecule is O=C(O)C1CCCCC1C(=O)NC1CCCCC1O. The first-order valence-corrected chi connectivity index (χ1v) is 7.31. The molecule has 1 amide bonds. The first-order chi connectivity index (χ1) is 9.09. The lowest BCUT2D eigenvalue weighted by Gasteiger charge is -2.32. The Labute approximate surface area is 113 Å². The molecule has 2 aliphatic rings. The Morgan fingerprint density at radius 1 is 0.895 bits per heavy atom. The molecule has 2 aliphatic carbocycles. The summed E-state index contributed by atoms with van der Waals surface area (Å²) in [4.78, 5) is 23.4. The van der Waals surface area contributed by atoms with Crippen LogP contribution in [0.2, 0.25) is 0 Å². The molecule has 3 N–H and O–H groups in total. The van der Waals surface area contributed by atoms with E-state index in [1.807, 2.05) is 0 Å². The van der Waals surface area contributed by atoms with Gasteiger partial charge in [0.25, 0.3) is 0 Å². The molecule has 2 fully saturated rings. The van der Waals surface area contributed by atoms with Gasteiger partial charge in [-0.25, -0.2) is 0 Å². The zero-order chi connectivity index (χ0) is 13.8. The summed E-state index contributed by atoms with van der Waals surface area (Å²) in [5.74, 6) is -2.04. The lowest BCUT2D eigenvalue weighted by molar-refractivity contribution is -0.149. The predicted octanol–water partition coefficient (Wildman–Crippen LogP) is 1.30. The maximum absolute atomic E-state index is 12.2. The first-order valence-electron chi connectivity index (χ1n) is 7.31. The number of rotatable bonds is 3. The summed E-state index contributed by atoms with van der Waals surface area (Å²) in [5.41, 5.74) is 0. The van der Waals surface area contributed by atoms with Gasteiger partial charge in [0.2, 0.25) is 5.91 Å². The van der Waals surface area contributed by atoms with Crippen LogP contribution in [0.4, 0.5) is 0 Å². The number of aliphatic carboxylic acids is 1. The fraction of sp³-hybridized carbons (Fsp3) is 0.857. The largest absolute Gasteiger partial charge is 0.481 e. The number of nitrogens with one attached hydrogen (secondary N) is 1. The summed E-state index contributed by atoms with van der Waals surface area (Å²) >= 11 is 0. The van der Waals surface area contributed by atoms with E-state index in [0.29, 0.717) is 12.8 Å². The predicted molar refractivity (Wildman–Crippen MR) is 69.5 cm³/mol. The fourth-order valence-electron chi connectivity index (χ4n) is 3.31. The van der Waals surface area contributed by atoms with Crippen LogP contribution >= 0.6 is 0 Å². The number of carboxylic acids is 1. The molecule has 2 rings (SSSR count). The van der Waals surface area contributed by atoms with E-state index in [1.165, 1.54) is 0 Å². The van der Waals surface area contributed by atoms with Crippen LogP contribution in [0.3, 0.4) is 0 Å². The van der Waals surface area contributed by atoms with E-state index in [4.69, 9.17) is 0 Å². The quantitative estimate of drug-likeness (QED) is 0.720. The van der Waals surface area contributed by atoms with Crippen LogP contribution in [0.25, 0.3) is 0 Å². The summed E-state index contributed by atoms with van der Waals surface area (Å²) < 4.78 is 0. The van der Waals surface area contributed by atoms with Gasteiger partial charge in [0.1, 0.15) is 0 Å². The van der Waals surface area contributed by atoms with Gasteiger partial charge in [-0.2, -0.15) is 0 Å². The third-order valence-corrected chi connectivity index (χ3v) is 4.48. The van der Waals surface area contributed by atoms with E-state index < -0.39 is 23.9 Å². The lowest BCUT2D eigenvalue weighted by atomic mass is 9.78. The van der Waals surface area contributed by atoms with Crippen molar-refractivity contribution in [2.45, 2.75) is 63.5 Å². The van der Waals surface area contributed by atoms with Crippen molar-refractivity contribution in [2.24, 2.45) is 11.8 Å². The van der Waals surface area contributed by atoms with Crippen LogP contribution < -0.4 is 5.32 Å². The van der Waals surface area contributed by atoms with Crippen LogP contribution in [-0.2, 0) is 9.59 Å². The molecule has 0 bridgehead atoms. The normalized spacial score (nSPS) is 35.6. The van der Waals surface area contributed by atoms with Crippen molar-refractivity contribution in [3.05, 3.63) is 0 Å². The van der Waals surface area contributed by atoms with Crippen molar-refractivity contribution in [1.29, 1.82) is 0 Å². The molecule has 0 aromatic rings. The van der Waals surface area contributed by atoms with Crippen LogP contribution in [-0.4, -0.2) is 34.2 Å². The van der Waals surface area contributed by atoms with Gasteiger partial charge in [0, 0.05) is 0 Å². The van der Waals surface area contributed by atoms with Crippen LogP contribution in [0.15, 0.2) is 0 Å². The van der Waals surface area contributed by atoms with Crippen molar-refractivity contribution >= 4 is 11.9 Å². The van der Waals surface area contributed by atoms with Crippen molar-refractivity contribution < 1.29 is 19.8 Å². The second-order valence-electron chi connectivity index (χ2n) is 5.80. The second kappa shape index (κ2) is 6.37. The zero-order valence-corrected chi connectivity index (χ0v) is 11.2. The molecular formula is C14H23NO4. The number of amides is 1. The summed E-state index contributed by atoms with van der Waals surface area (Å²) in [6, 6.07) is -0.197. The molecule has 4 atom stereocenters. The second-order valence-corrected chi connectivity index (χ2v) is 5.80. The van der Waals surface area contributed by atoms with E-state index in [9.17, 15) is 19.8 Å². The number of carboxylic acid groups (broad SMARTS) is 1. The van der Waals surface area contributed by atoms with Gasteiger partial charge in [0.15, 0.2) is 0 Å². The standard InChI is InChI=1S/C14H23NO4/c16-12-8-4-3-7-11(12)15-13(17)9-5-1-2-6-10(9)14(18)19/h9-12,16H,1-8H2,(H,15,17)(H,18,19). The van der Waals surface area contributed by atoms with Gasteiger partial charge in [-0.05, 0) is 25.7 Å². The average Bonchev–Trinajstić information content (AvgIpc) is 2.41. The van der Waals surface area contributed by atoms with Crippen molar-refractivity contribution in [1.82, 2.24) is 5.32 Å². The average molecular weight is 269 g/mol. The Morgan fingerprint density at radius 3 is 2.11 bits per heavy atom. The highest BCUT2D eigenvalue weighted by atomic mass is 16.4. The van der Waals surface area contributed by atoms with Gasteiger partial charge >= 0.3 is 5.97 Å². The molecule has 108 valence electrons. The van der Waals surface area contributed by atoms with Crippen molar-refractivity contribution in [2.75, 3.05) is 0 Å². The van der Waals surface area contributed by atoms with Gasteiger partial charge in [-0.1, -0.05) is 25.7 Å². The highest BCUT2D eigenvalue weighted by molar-refractivity contribution is 5.85. The highest BCUT2D eigenvalue weighted by Crippen LogP contribution is 2.31. The van der Waals surface area contributed by atoms with Crippen LogP contribution in [0, 0.1) is 11.8 Å². The highest BCUT2D eigenvalue weighted by Gasteiger charge is 2.37. The zero-order valence-electron chi connectivity index (χ0n) is 11.2. The molecule has 5 heteroatoms. The number of carbonyl (C=O) groups is 2. The molecule has 0 aliphatic heterocycles. The Bertz CT molecular complexity index is 344. The first kappa shape index (κ1) is 14.3. The molecular weight excluding hydrogens is 246 g/mol. The molecule has 0 aromatic heterocycles. The number of hydrogen-bond acceptors (Lipinski definition) is 3. The van der Waals surface area contributed by atoms with E-state index in [2.05, 4.69) is 5.32 Å². The van der Waals surface area contributed by atoms with E-state index in [1.54, 1.807) is 0 Å². The molecule has 0 spiro atoms. The number of aliphatic hydroxyl groups is 1. The van der Waals surface area contributed by atoms with Gasteiger partial charge in [0.05, 0.1) is 24.0 Å². The topological polar surface area (TPSA) is 86.6 Å². The maximum Gasteiger partial charge on any atom is 0.307 e. The summed E-state index contributed by atoms with van der Waals surface area (Å²) in [7, 11) is 0. The third-order valence-electron chi connectivity index (χ3n) is 4.48. The monoisotopic (exact) mass is 269 g/mol. The fourth-order valence-corrected chi connectivity index (χ4v) is 3.31. The molecule has 0 radical (unpaired) electrons. The number of aliphatic hydroxyl groups excluding tert-OH is 1. The van der Waals surface area contributed by atoms with E-state index in [0.717, 1.165) is 38.5 Å². The molecule has 4 unspecified atom stereocenters. The summed E-state index contributed by atoms with van der Waals surface area (Å²) in [5, 5.41) is 21.9. The summed E-state index contributed by atoms with van der Waals surface area (Å²) in [6.45, 7) is 0. The smallest absolute Gasteiger partial charge is 0.307 e. The van der Waals surface area contributed by atoms with Gasteiger partial charge in [-0.15, -0.1) is 0 Å². The molecule has 5 nitrogen and oxygen atoms in total. The molecule has 2 saturated carbocycles. The Hall–Kier alpha value is -1.10. The lowest BCUT2D eigenvalue weighted by Crippen LogP contribution is -2.49. The molecule has 19 heavy (non-hydrogen) atoms. The number of carbonyl (C=O) groups excluding carboxylic acids is 1. The van der Waals surface area contributed by atoms with Crippen LogP contribution in [0.5, 0.6) is 0 Å². The minimum Gasteiger partial charge on any atom is -0.481 e. The Kier molecular flexibility index (Phi) is 4.80. The Balaban J connectivity index is 1.95. The molecule has 0 saturated heterocycles. The Morgan fingerprint density at radius 2 is 1.47 bits per heavy atom. The minimum absolute atomic E-state index is 0.182. The van der Waals surface area contributed by atoms with E-state index >= 15 is 0 Å². The van der Waals surface area contributed by atoms with Gasteiger partial charge < -0.3 is 15.5 Å². The van der Waals surface area contributed by atoms with Crippen molar-refractivity contribution in [3.8, 4) is 0 Å². The van der Waals surface area contributed by atoms with Crippen molar-refractivity contribution in [3.63, 3.8) is 0 Å². The maximum atomic E-state index is 12.2. The third kappa shape index (κ3) is 3.47. The van der Waals surface area contributed by atoms with E-state index in [-0.39, 0.29) is 11.9 Å². The van der Waals surface area contributed by atoms with Gasteiger partial charge in [-0.3, -0.25) is 9.59 Å². The molecule has 0 heterocycles. The molecule has 0 aromatic carbocycles. The number of hydrogen-bond donors (Lipinski definition) is 3. The van der Waals surface area contributed by atoms with Crippen LogP contribution in [0.1, 0.15) is 51.4 Å². The summed E-state index contributed by atoms with van der Waals surface area (Å²) in [6.07, 6.45) is 6.05. The minimum atomic E-state index is -0.871.